The van der Waals surface area contributed by atoms with E-state index in [0.717, 1.165) is 10.8 Å². The van der Waals surface area contributed by atoms with Gasteiger partial charge in [-0.3, -0.25) is 0 Å². The second-order valence-electron chi connectivity index (χ2n) is 4.69. The third-order valence-corrected chi connectivity index (χ3v) is 3.40. The lowest BCUT2D eigenvalue weighted by Crippen LogP contribution is -2.27. The lowest BCUT2D eigenvalue weighted by atomic mass is 9.70. The highest BCUT2D eigenvalue weighted by molar-refractivity contribution is 6.17. The molecule has 0 bridgehead atoms. The fourth-order valence-corrected chi connectivity index (χ4v) is 2.29. The summed E-state index contributed by atoms with van der Waals surface area (Å²) < 4.78 is 0. The normalized spacial score (nSPS) is 14.2. The third kappa shape index (κ3) is 2.15. The van der Waals surface area contributed by atoms with Crippen molar-refractivity contribution in [3.63, 3.8) is 0 Å². The van der Waals surface area contributed by atoms with Crippen LogP contribution in [-0.2, 0) is 5.50 Å². The van der Waals surface area contributed by atoms with Gasteiger partial charge in [-0.1, -0.05) is 66.7 Å². The average Bonchev–Trinajstić information content (AvgIpc) is 2.47. The Kier molecular flexibility index (Phi) is 2.88. The molecule has 0 saturated carbocycles. The zero-order valence-corrected chi connectivity index (χ0v) is 10.5. The summed E-state index contributed by atoms with van der Waals surface area (Å²) in [5.41, 5.74) is -0.0895. The lowest BCUT2D eigenvalue weighted by molar-refractivity contribution is 0.172. The largest absolute Gasteiger partial charge is 0.391 e. The van der Waals surface area contributed by atoms with E-state index in [2.05, 4.69) is 0 Å². The predicted molar refractivity (Wildman–Crippen MR) is 79.1 cm³/mol. The van der Waals surface area contributed by atoms with Gasteiger partial charge >= 0.3 is 0 Å². The standard InChI is InChI=1S/C17H13BO/c18-17(19,15-8-2-1-3-9-15)16-11-10-13-6-4-5-7-14(13)12-16/h1-12,19H. The molecule has 3 aromatic rings. The summed E-state index contributed by atoms with van der Waals surface area (Å²) in [7, 11) is 6.11. The quantitative estimate of drug-likeness (QED) is 0.686. The molecular formula is C17H13BO. The predicted octanol–water partition coefficient (Wildman–Crippen LogP) is 3.20. The molecule has 1 N–H and O–H groups in total. The molecule has 19 heavy (non-hydrogen) atoms. The van der Waals surface area contributed by atoms with E-state index < -0.39 is 5.50 Å². The van der Waals surface area contributed by atoms with Crippen LogP contribution in [0.15, 0.2) is 72.8 Å². The van der Waals surface area contributed by atoms with Crippen molar-refractivity contribution in [2.75, 3.05) is 0 Å². The van der Waals surface area contributed by atoms with E-state index >= 15 is 0 Å². The summed E-state index contributed by atoms with van der Waals surface area (Å²) >= 11 is 0. The minimum Gasteiger partial charge on any atom is -0.391 e. The number of benzene rings is 3. The van der Waals surface area contributed by atoms with Gasteiger partial charge in [-0.2, -0.15) is 0 Å². The first kappa shape index (κ1) is 12.0. The van der Waals surface area contributed by atoms with Crippen LogP contribution in [0, 0.1) is 0 Å². The molecule has 2 heteroatoms. The van der Waals surface area contributed by atoms with Gasteiger partial charge in [0.05, 0.1) is 5.50 Å². The van der Waals surface area contributed by atoms with Gasteiger partial charge in [-0.15, -0.1) is 0 Å². The summed E-state index contributed by atoms with van der Waals surface area (Å²) in [4.78, 5) is 0. The molecule has 1 nitrogen and oxygen atoms in total. The van der Waals surface area contributed by atoms with Crippen LogP contribution in [-0.4, -0.2) is 13.0 Å². The monoisotopic (exact) mass is 244 g/mol. The van der Waals surface area contributed by atoms with E-state index in [1.807, 2.05) is 72.8 Å². The maximum Gasteiger partial charge on any atom is 0.126 e. The molecule has 0 saturated heterocycles. The zero-order chi connectivity index (χ0) is 13.3. The van der Waals surface area contributed by atoms with E-state index in [4.69, 9.17) is 7.85 Å². The Bertz CT molecular complexity index is 705. The SMILES string of the molecule is [B]C(O)(c1ccccc1)c1ccc2ccccc2c1. The second-order valence-corrected chi connectivity index (χ2v) is 4.69. The molecule has 3 rings (SSSR count). The summed E-state index contributed by atoms with van der Waals surface area (Å²) in [5, 5.41) is 12.8. The van der Waals surface area contributed by atoms with Gasteiger partial charge in [0.1, 0.15) is 7.85 Å². The first-order valence-corrected chi connectivity index (χ1v) is 6.24. The van der Waals surface area contributed by atoms with Crippen LogP contribution in [0.4, 0.5) is 0 Å². The van der Waals surface area contributed by atoms with Crippen LogP contribution in [0.2, 0.25) is 0 Å². The van der Waals surface area contributed by atoms with Crippen molar-refractivity contribution in [1.29, 1.82) is 0 Å². The molecule has 0 aliphatic heterocycles. The number of hydrogen-bond donors (Lipinski definition) is 1. The van der Waals surface area contributed by atoms with E-state index in [0.29, 0.717) is 11.1 Å². The maximum atomic E-state index is 10.6. The smallest absolute Gasteiger partial charge is 0.126 e. The van der Waals surface area contributed by atoms with Gasteiger partial charge in [0.25, 0.3) is 0 Å². The Morgan fingerprint density at radius 2 is 1.32 bits per heavy atom. The van der Waals surface area contributed by atoms with Crippen LogP contribution >= 0.6 is 0 Å². The maximum absolute atomic E-state index is 10.6. The molecule has 2 radical (unpaired) electrons. The van der Waals surface area contributed by atoms with Crippen molar-refractivity contribution in [3.8, 4) is 0 Å². The molecule has 0 spiro atoms. The highest BCUT2D eigenvalue weighted by atomic mass is 16.3. The van der Waals surface area contributed by atoms with Crippen LogP contribution < -0.4 is 0 Å². The number of hydrogen-bond acceptors (Lipinski definition) is 1. The Morgan fingerprint density at radius 3 is 2.05 bits per heavy atom. The molecular weight excluding hydrogens is 231 g/mol. The van der Waals surface area contributed by atoms with Gasteiger partial charge < -0.3 is 5.11 Å². The first-order valence-electron chi connectivity index (χ1n) is 6.24. The van der Waals surface area contributed by atoms with Crippen LogP contribution in [0.25, 0.3) is 10.8 Å². The minimum atomic E-state index is -1.47. The molecule has 0 aromatic heterocycles. The molecule has 90 valence electrons. The molecule has 0 amide bonds. The van der Waals surface area contributed by atoms with E-state index in [1.165, 1.54) is 0 Å². The summed E-state index contributed by atoms with van der Waals surface area (Å²) in [6, 6.07) is 23.1. The number of rotatable bonds is 2. The van der Waals surface area contributed by atoms with E-state index in [1.54, 1.807) is 0 Å². The molecule has 0 aliphatic rings. The summed E-state index contributed by atoms with van der Waals surface area (Å²) in [6.45, 7) is 0. The first-order chi connectivity index (χ1) is 9.18. The van der Waals surface area contributed by atoms with Gasteiger partial charge in [-0.05, 0) is 28.0 Å². The minimum absolute atomic E-state index is 0.685. The van der Waals surface area contributed by atoms with Gasteiger partial charge in [-0.25, -0.2) is 0 Å². The fourth-order valence-electron chi connectivity index (χ4n) is 2.29. The Morgan fingerprint density at radius 1 is 0.684 bits per heavy atom. The lowest BCUT2D eigenvalue weighted by Gasteiger charge is -2.25. The zero-order valence-electron chi connectivity index (χ0n) is 10.5. The molecule has 0 fully saturated rings. The van der Waals surface area contributed by atoms with E-state index in [9.17, 15) is 5.11 Å². The molecule has 1 unspecified atom stereocenters. The highest BCUT2D eigenvalue weighted by Crippen LogP contribution is 2.28. The average molecular weight is 244 g/mol. The van der Waals surface area contributed by atoms with Gasteiger partial charge in [0.2, 0.25) is 0 Å². The van der Waals surface area contributed by atoms with Crippen LogP contribution in [0.5, 0.6) is 0 Å². The van der Waals surface area contributed by atoms with Crippen molar-refractivity contribution in [1.82, 2.24) is 0 Å². The topological polar surface area (TPSA) is 20.2 Å². The van der Waals surface area contributed by atoms with Gasteiger partial charge in [0.15, 0.2) is 0 Å². The Balaban J connectivity index is 2.13. The van der Waals surface area contributed by atoms with E-state index in [-0.39, 0.29) is 0 Å². The Hall–Kier alpha value is -2.06. The summed E-state index contributed by atoms with van der Waals surface area (Å²) in [5.74, 6) is 0. The van der Waals surface area contributed by atoms with Crippen molar-refractivity contribution in [2.24, 2.45) is 0 Å². The molecule has 3 aromatic carbocycles. The number of aliphatic hydroxyl groups is 1. The fraction of sp³-hybridized carbons (Fsp3) is 0.0588. The third-order valence-electron chi connectivity index (χ3n) is 3.40. The van der Waals surface area contributed by atoms with Crippen LogP contribution in [0.3, 0.4) is 0 Å². The molecule has 0 aliphatic carbocycles. The van der Waals surface area contributed by atoms with Crippen molar-refractivity contribution in [3.05, 3.63) is 83.9 Å². The van der Waals surface area contributed by atoms with Crippen molar-refractivity contribution >= 4 is 18.6 Å². The highest BCUT2D eigenvalue weighted by Gasteiger charge is 2.24. The van der Waals surface area contributed by atoms with Gasteiger partial charge in [0, 0.05) is 0 Å². The summed E-state index contributed by atoms with van der Waals surface area (Å²) in [6.07, 6.45) is 0. The Labute approximate surface area is 113 Å². The second kappa shape index (κ2) is 4.56. The number of fused-ring (bicyclic) bond motifs is 1. The van der Waals surface area contributed by atoms with Crippen molar-refractivity contribution in [2.45, 2.75) is 5.50 Å². The molecule has 1 atom stereocenters. The van der Waals surface area contributed by atoms with Crippen LogP contribution in [0.1, 0.15) is 11.1 Å². The molecule has 0 heterocycles. The van der Waals surface area contributed by atoms with Crippen molar-refractivity contribution < 1.29 is 5.11 Å².